The van der Waals surface area contributed by atoms with Crippen molar-refractivity contribution in [3.05, 3.63) is 40.6 Å². The number of benzene rings is 1. The lowest BCUT2D eigenvalue weighted by Crippen LogP contribution is -2.39. The van der Waals surface area contributed by atoms with Gasteiger partial charge in [0.15, 0.2) is 0 Å². The van der Waals surface area contributed by atoms with Crippen LogP contribution in [-0.4, -0.2) is 34.7 Å². The van der Waals surface area contributed by atoms with Crippen LogP contribution in [0.25, 0.3) is 0 Å². The third-order valence-electron chi connectivity index (χ3n) is 4.63. The normalized spacial score (nSPS) is 19.8. The maximum Gasteiger partial charge on any atom is 0.234 e. The molecule has 1 fully saturated rings. The molecule has 2 heterocycles. The summed E-state index contributed by atoms with van der Waals surface area (Å²) in [5, 5.41) is 3.79. The topological polar surface area (TPSA) is 58.1 Å². The molecule has 0 saturated carbocycles. The smallest absolute Gasteiger partial charge is 0.234 e. The van der Waals surface area contributed by atoms with Crippen LogP contribution in [0, 0.1) is 18.8 Å². The van der Waals surface area contributed by atoms with Crippen molar-refractivity contribution in [1.29, 1.82) is 0 Å². The Balaban J connectivity index is 1.58. The minimum atomic E-state index is -0.0363. The number of carbonyl (C=O) groups is 1. The van der Waals surface area contributed by atoms with Crippen molar-refractivity contribution in [2.75, 3.05) is 29.1 Å². The van der Waals surface area contributed by atoms with Gasteiger partial charge in [-0.25, -0.2) is 9.97 Å². The Bertz CT molecular complexity index is 806. The van der Waals surface area contributed by atoms with Gasteiger partial charge in [0, 0.05) is 29.3 Å². The second-order valence-electron chi connectivity index (χ2n) is 7.36. The highest BCUT2D eigenvalue weighted by molar-refractivity contribution is 9.10. The quantitative estimate of drug-likeness (QED) is 0.527. The van der Waals surface area contributed by atoms with Crippen LogP contribution in [0.1, 0.15) is 25.8 Å². The van der Waals surface area contributed by atoms with Gasteiger partial charge < -0.3 is 10.2 Å². The number of amides is 1. The minimum Gasteiger partial charge on any atom is -0.356 e. The highest BCUT2D eigenvalue weighted by Gasteiger charge is 2.23. The molecule has 0 unspecified atom stereocenters. The molecular weight excluding hydrogens is 424 g/mol. The average Bonchev–Trinajstić information content (AvgIpc) is 2.62. The summed E-state index contributed by atoms with van der Waals surface area (Å²) in [7, 11) is 0. The standard InChI is InChI=1S/C20H25BrN4OS/c1-13-6-14(2)10-25(9-13)18-8-20(23-12-22-18)27-11-19(26)24-17-5-4-16(21)7-15(17)3/h4-5,7-8,12-14H,6,9-11H2,1-3H3,(H,24,26)/t13-,14-/m1/s1. The molecule has 2 aromatic rings. The fourth-order valence-electron chi connectivity index (χ4n) is 3.52. The van der Waals surface area contributed by atoms with Crippen LogP contribution in [0.3, 0.4) is 0 Å². The number of anilines is 2. The van der Waals surface area contributed by atoms with Crippen molar-refractivity contribution in [2.24, 2.45) is 11.8 Å². The molecule has 1 aliphatic rings. The lowest BCUT2D eigenvalue weighted by Gasteiger charge is -2.35. The second-order valence-corrected chi connectivity index (χ2v) is 9.27. The monoisotopic (exact) mass is 448 g/mol. The first kappa shape index (κ1) is 20.1. The number of hydrogen-bond donors (Lipinski definition) is 1. The van der Waals surface area contributed by atoms with Gasteiger partial charge in [0.25, 0.3) is 0 Å². The third-order valence-corrected chi connectivity index (χ3v) is 6.05. The number of hydrogen-bond acceptors (Lipinski definition) is 5. The molecule has 3 rings (SSSR count). The number of halogens is 1. The van der Waals surface area contributed by atoms with Crippen LogP contribution in [0.4, 0.5) is 11.5 Å². The Morgan fingerprint density at radius 3 is 2.70 bits per heavy atom. The van der Waals surface area contributed by atoms with Gasteiger partial charge in [0.05, 0.1) is 5.75 Å². The number of aryl methyl sites for hydroxylation is 1. The zero-order valence-corrected chi connectivity index (χ0v) is 18.3. The van der Waals surface area contributed by atoms with Crippen molar-refractivity contribution in [1.82, 2.24) is 9.97 Å². The van der Waals surface area contributed by atoms with E-state index in [1.165, 1.54) is 18.2 Å². The van der Waals surface area contributed by atoms with Crippen LogP contribution in [0.2, 0.25) is 0 Å². The van der Waals surface area contributed by atoms with Crippen LogP contribution in [0.5, 0.6) is 0 Å². The summed E-state index contributed by atoms with van der Waals surface area (Å²) < 4.78 is 1.00. The molecule has 2 atom stereocenters. The number of carbonyl (C=O) groups excluding carboxylic acids is 1. The zero-order chi connectivity index (χ0) is 19.4. The summed E-state index contributed by atoms with van der Waals surface area (Å²) >= 11 is 4.87. The first-order chi connectivity index (χ1) is 12.9. The minimum absolute atomic E-state index is 0.0363. The zero-order valence-electron chi connectivity index (χ0n) is 15.9. The largest absolute Gasteiger partial charge is 0.356 e. The van der Waals surface area contributed by atoms with E-state index in [0.29, 0.717) is 17.6 Å². The highest BCUT2D eigenvalue weighted by Crippen LogP contribution is 2.27. The average molecular weight is 449 g/mol. The highest BCUT2D eigenvalue weighted by atomic mass is 79.9. The summed E-state index contributed by atoms with van der Waals surface area (Å²) in [6, 6.07) is 7.81. The van der Waals surface area contributed by atoms with Crippen molar-refractivity contribution >= 4 is 45.1 Å². The number of aromatic nitrogens is 2. The van der Waals surface area contributed by atoms with Crippen molar-refractivity contribution in [3.63, 3.8) is 0 Å². The molecule has 1 N–H and O–H groups in total. The van der Waals surface area contributed by atoms with E-state index in [1.54, 1.807) is 6.33 Å². The second kappa shape index (κ2) is 9.06. The van der Waals surface area contributed by atoms with Gasteiger partial charge >= 0.3 is 0 Å². The summed E-state index contributed by atoms with van der Waals surface area (Å²) in [5.74, 6) is 2.57. The first-order valence-corrected chi connectivity index (χ1v) is 10.9. The van der Waals surface area contributed by atoms with Crippen molar-refractivity contribution < 1.29 is 4.79 Å². The molecule has 0 spiro atoms. The van der Waals surface area contributed by atoms with Gasteiger partial charge in [-0.2, -0.15) is 0 Å². The molecule has 1 aromatic carbocycles. The van der Waals surface area contributed by atoms with Gasteiger partial charge in [0.1, 0.15) is 17.2 Å². The molecule has 7 heteroatoms. The van der Waals surface area contributed by atoms with E-state index in [1.807, 2.05) is 31.2 Å². The van der Waals surface area contributed by atoms with Crippen LogP contribution < -0.4 is 10.2 Å². The molecule has 0 radical (unpaired) electrons. The Morgan fingerprint density at radius 2 is 2.00 bits per heavy atom. The van der Waals surface area contributed by atoms with Gasteiger partial charge in [-0.15, -0.1) is 0 Å². The SMILES string of the molecule is Cc1cc(Br)ccc1NC(=O)CSc1cc(N2C[C@H](C)C[C@@H](C)C2)ncn1. The number of nitrogens with one attached hydrogen (secondary N) is 1. The predicted molar refractivity (Wildman–Crippen MR) is 115 cm³/mol. The van der Waals surface area contributed by atoms with Crippen molar-refractivity contribution in [2.45, 2.75) is 32.2 Å². The lowest BCUT2D eigenvalue weighted by molar-refractivity contribution is -0.113. The van der Waals surface area contributed by atoms with E-state index in [9.17, 15) is 4.79 Å². The molecule has 5 nitrogen and oxygen atoms in total. The number of thioether (sulfide) groups is 1. The van der Waals surface area contributed by atoms with E-state index in [0.717, 1.165) is 39.7 Å². The number of nitrogens with zero attached hydrogens (tertiary/aromatic N) is 3. The van der Waals surface area contributed by atoms with Crippen LogP contribution >= 0.6 is 27.7 Å². The maximum atomic E-state index is 12.3. The van der Waals surface area contributed by atoms with E-state index in [2.05, 4.69) is 50.0 Å². The van der Waals surface area contributed by atoms with Gasteiger partial charge in [-0.1, -0.05) is 41.5 Å². The van der Waals surface area contributed by atoms with Gasteiger partial charge in [-0.3, -0.25) is 4.79 Å². The molecular formula is C20H25BrN4OS. The number of rotatable bonds is 5. The Morgan fingerprint density at radius 1 is 1.26 bits per heavy atom. The van der Waals surface area contributed by atoms with E-state index < -0.39 is 0 Å². The molecule has 0 aliphatic carbocycles. The number of piperidine rings is 1. The summed E-state index contributed by atoms with van der Waals surface area (Å²) in [6.45, 7) is 8.59. The van der Waals surface area contributed by atoms with Gasteiger partial charge in [-0.05, 0) is 48.9 Å². The van der Waals surface area contributed by atoms with Gasteiger partial charge in [0.2, 0.25) is 5.91 Å². The predicted octanol–water partition coefficient (Wildman–Crippen LogP) is 4.76. The maximum absolute atomic E-state index is 12.3. The summed E-state index contributed by atoms with van der Waals surface area (Å²) in [6.07, 6.45) is 2.86. The van der Waals surface area contributed by atoms with Crippen molar-refractivity contribution in [3.8, 4) is 0 Å². The van der Waals surface area contributed by atoms with E-state index in [4.69, 9.17) is 0 Å². The Labute approximate surface area is 173 Å². The molecule has 27 heavy (non-hydrogen) atoms. The lowest BCUT2D eigenvalue weighted by atomic mass is 9.92. The van der Waals surface area contributed by atoms with Crippen LogP contribution in [0.15, 0.2) is 40.1 Å². The molecule has 1 amide bonds. The van der Waals surface area contributed by atoms with Crippen LogP contribution in [-0.2, 0) is 4.79 Å². The summed E-state index contributed by atoms with van der Waals surface area (Å²) in [5.41, 5.74) is 1.86. The molecule has 1 aliphatic heterocycles. The molecule has 144 valence electrons. The molecule has 1 saturated heterocycles. The Hall–Kier alpha value is -1.60. The first-order valence-electron chi connectivity index (χ1n) is 9.16. The van der Waals surface area contributed by atoms with E-state index >= 15 is 0 Å². The molecule has 1 aromatic heterocycles. The molecule has 0 bridgehead atoms. The third kappa shape index (κ3) is 5.69. The summed E-state index contributed by atoms with van der Waals surface area (Å²) in [4.78, 5) is 23.4. The Kier molecular flexibility index (Phi) is 6.76. The fourth-order valence-corrected chi connectivity index (χ4v) is 4.66. The fraction of sp³-hybridized carbons (Fsp3) is 0.450. The van der Waals surface area contributed by atoms with E-state index in [-0.39, 0.29) is 5.91 Å².